The molecule has 0 radical (unpaired) electrons. The number of nitrogens with zero attached hydrogens (tertiary/aromatic N) is 1. The van der Waals surface area contributed by atoms with Crippen LogP contribution in [0.15, 0.2) is 24.3 Å². The Morgan fingerprint density at radius 2 is 2.10 bits per heavy atom. The molecule has 108 valence electrons. The number of nitrogens with two attached hydrogens (primary N) is 2. The summed E-state index contributed by atoms with van der Waals surface area (Å²) in [6.45, 7) is 0. The first kappa shape index (κ1) is 13.7. The highest BCUT2D eigenvalue weighted by Crippen LogP contribution is 2.30. The first-order valence-electron chi connectivity index (χ1n) is 6.69. The molecule has 1 aromatic heterocycles. The Hall–Kier alpha value is -2.27. The summed E-state index contributed by atoms with van der Waals surface area (Å²) in [4.78, 5) is 16.2. The topological polar surface area (TPSA) is 94.0 Å². The van der Waals surface area contributed by atoms with Crippen LogP contribution in [0.1, 0.15) is 28.0 Å². The lowest BCUT2D eigenvalue weighted by Gasteiger charge is -2.13. The van der Waals surface area contributed by atoms with Crippen molar-refractivity contribution >= 4 is 34.7 Å². The van der Waals surface area contributed by atoms with Crippen molar-refractivity contribution in [3.8, 4) is 0 Å². The fraction of sp³-hybridized carbons (Fsp3) is 0.200. The number of primary amides is 1. The molecule has 0 fully saturated rings. The normalized spacial score (nSPS) is 13.0. The molecular weight excluding hydrogens is 288 g/mol. The molecule has 2 aromatic rings. The van der Waals surface area contributed by atoms with Gasteiger partial charge in [-0.05, 0) is 49.1 Å². The molecule has 1 amide bonds. The summed E-state index contributed by atoms with van der Waals surface area (Å²) in [6, 6.07) is 6.91. The van der Waals surface area contributed by atoms with Gasteiger partial charge in [0.15, 0.2) is 0 Å². The molecule has 0 aliphatic heterocycles. The lowest BCUT2D eigenvalue weighted by molar-refractivity contribution is 0.100. The van der Waals surface area contributed by atoms with Crippen molar-refractivity contribution in [2.45, 2.75) is 19.3 Å². The van der Waals surface area contributed by atoms with Crippen LogP contribution >= 0.6 is 11.6 Å². The van der Waals surface area contributed by atoms with Crippen molar-refractivity contribution in [2.75, 3.05) is 11.1 Å². The van der Waals surface area contributed by atoms with Crippen LogP contribution < -0.4 is 16.8 Å². The van der Waals surface area contributed by atoms with E-state index in [1.165, 1.54) is 0 Å². The third-order valence-electron chi connectivity index (χ3n) is 3.56. The molecule has 21 heavy (non-hydrogen) atoms. The van der Waals surface area contributed by atoms with Gasteiger partial charge in [-0.3, -0.25) is 4.79 Å². The Balaban J connectivity index is 2.05. The molecule has 1 aliphatic carbocycles. The molecule has 0 saturated heterocycles. The van der Waals surface area contributed by atoms with E-state index in [0.717, 1.165) is 30.5 Å². The Labute approximate surface area is 127 Å². The van der Waals surface area contributed by atoms with E-state index in [1.807, 2.05) is 6.07 Å². The largest absolute Gasteiger partial charge is 0.399 e. The number of halogens is 1. The van der Waals surface area contributed by atoms with Gasteiger partial charge in [0.2, 0.25) is 0 Å². The highest BCUT2D eigenvalue weighted by atomic mass is 35.5. The molecule has 1 aliphatic rings. The Morgan fingerprint density at radius 1 is 1.29 bits per heavy atom. The van der Waals surface area contributed by atoms with E-state index in [9.17, 15) is 4.79 Å². The summed E-state index contributed by atoms with van der Waals surface area (Å²) in [7, 11) is 0. The van der Waals surface area contributed by atoms with Gasteiger partial charge in [-0.1, -0.05) is 11.6 Å². The molecule has 5 N–H and O–H groups in total. The number of nitrogen functional groups attached to an aromatic ring is 1. The molecule has 3 rings (SSSR count). The van der Waals surface area contributed by atoms with Crippen molar-refractivity contribution in [3.63, 3.8) is 0 Å². The van der Waals surface area contributed by atoms with Gasteiger partial charge in [0.1, 0.15) is 5.82 Å². The highest BCUT2D eigenvalue weighted by Gasteiger charge is 2.19. The fourth-order valence-corrected chi connectivity index (χ4v) is 2.69. The number of pyridine rings is 1. The second-order valence-corrected chi connectivity index (χ2v) is 5.48. The number of fused-ring (bicyclic) bond motifs is 1. The minimum absolute atomic E-state index is 0.370. The lowest BCUT2D eigenvalue weighted by atomic mass is 10.1. The third-order valence-corrected chi connectivity index (χ3v) is 3.89. The van der Waals surface area contributed by atoms with Crippen LogP contribution in [0.3, 0.4) is 0 Å². The van der Waals surface area contributed by atoms with Gasteiger partial charge in [0.25, 0.3) is 5.91 Å². The fourth-order valence-electron chi connectivity index (χ4n) is 2.52. The first-order valence-corrected chi connectivity index (χ1v) is 7.07. The van der Waals surface area contributed by atoms with Gasteiger partial charge in [0, 0.05) is 11.4 Å². The van der Waals surface area contributed by atoms with Gasteiger partial charge >= 0.3 is 0 Å². The minimum atomic E-state index is -0.514. The molecule has 0 unspecified atom stereocenters. The maximum atomic E-state index is 11.6. The number of hydrogen-bond donors (Lipinski definition) is 3. The number of aromatic nitrogens is 1. The van der Waals surface area contributed by atoms with E-state index >= 15 is 0 Å². The van der Waals surface area contributed by atoms with Crippen LogP contribution in [0, 0.1) is 0 Å². The number of rotatable bonds is 3. The summed E-state index contributed by atoms with van der Waals surface area (Å²) in [5.41, 5.74) is 14.8. The van der Waals surface area contributed by atoms with Crippen LogP contribution in [-0.2, 0) is 12.8 Å². The van der Waals surface area contributed by atoms with Crippen molar-refractivity contribution in [3.05, 3.63) is 46.1 Å². The number of hydrogen-bond acceptors (Lipinski definition) is 4. The number of carbonyl (C=O) groups excluding carboxylic acids is 1. The first-order chi connectivity index (χ1) is 10.0. The maximum absolute atomic E-state index is 11.6. The smallest absolute Gasteiger partial charge is 0.252 e. The van der Waals surface area contributed by atoms with E-state index in [-0.39, 0.29) is 0 Å². The molecule has 0 atom stereocenters. The zero-order valence-electron chi connectivity index (χ0n) is 11.3. The SMILES string of the molecule is NC(=O)c1cc2c(nc1Nc1cc(N)ccc1Cl)CCC2. The molecular formula is C15H15ClN4O. The predicted octanol–water partition coefficient (Wildman–Crippen LogP) is 2.65. The van der Waals surface area contributed by atoms with Crippen molar-refractivity contribution in [1.29, 1.82) is 0 Å². The standard InChI is InChI=1S/C15H15ClN4O/c16-11-5-4-9(17)7-13(11)20-15-10(14(18)21)6-8-2-1-3-12(8)19-15/h4-7H,1-3,17H2,(H2,18,21)(H,19,20). The number of amides is 1. The van der Waals surface area contributed by atoms with Crippen molar-refractivity contribution in [2.24, 2.45) is 5.73 Å². The average molecular weight is 303 g/mol. The Kier molecular flexibility index (Phi) is 3.43. The quantitative estimate of drug-likeness (QED) is 0.760. The third kappa shape index (κ3) is 2.64. The summed E-state index contributed by atoms with van der Waals surface area (Å²) in [6.07, 6.45) is 2.89. The summed E-state index contributed by atoms with van der Waals surface area (Å²) < 4.78 is 0. The van der Waals surface area contributed by atoms with Crippen LogP contribution in [0.5, 0.6) is 0 Å². The zero-order chi connectivity index (χ0) is 15.0. The molecule has 1 aromatic carbocycles. The van der Waals surface area contributed by atoms with Crippen LogP contribution in [0.2, 0.25) is 5.02 Å². The number of aryl methyl sites for hydroxylation is 2. The average Bonchev–Trinajstić information content (AvgIpc) is 2.89. The Morgan fingerprint density at radius 3 is 2.86 bits per heavy atom. The van der Waals surface area contributed by atoms with Crippen LogP contribution in [0.4, 0.5) is 17.2 Å². The lowest BCUT2D eigenvalue weighted by Crippen LogP contribution is -2.15. The minimum Gasteiger partial charge on any atom is -0.399 e. The van der Waals surface area contributed by atoms with Crippen molar-refractivity contribution in [1.82, 2.24) is 4.98 Å². The molecule has 5 nitrogen and oxygen atoms in total. The number of benzene rings is 1. The number of carbonyl (C=O) groups is 1. The van der Waals surface area contributed by atoms with E-state index in [2.05, 4.69) is 10.3 Å². The zero-order valence-corrected chi connectivity index (χ0v) is 12.1. The summed E-state index contributed by atoms with van der Waals surface area (Å²) in [5, 5.41) is 3.57. The van der Waals surface area contributed by atoms with Gasteiger partial charge < -0.3 is 16.8 Å². The van der Waals surface area contributed by atoms with Crippen LogP contribution in [0.25, 0.3) is 0 Å². The maximum Gasteiger partial charge on any atom is 0.252 e. The van der Waals surface area contributed by atoms with Gasteiger partial charge in [0.05, 0.1) is 16.3 Å². The predicted molar refractivity (Wildman–Crippen MR) is 83.9 cm³/mol. The molecule has 0 spiro atoms. The van der Waals surface area contributed by atoms with E-state index in [4.69, 9.17) is 23.1 Å². The second kappa shape index (κ2) is 5.26. The highest BCUT2D eigenvalue weighted by molar-refractivity contribution is 6.33. The molecule has 6 heteroatoms. The van der Waals surface area contributed by atoms with Gasteiger partial charge in [-0.25, -0.2) is 4.98 Å². The van der Waals surface area contributed by atoms with Gasteiger partial charge in [-0.2, -0.15) is 0 Å². The molecule has 0 bridgehead atoms. The van der Waals surface area contributed by atoms with E-state index in [0.29, 0.717) is 27.8 Å². The monoisotopic (exact) mass is 302 g/mol. The van der Waals surface area contributed by atoms with Crippen molar-refractivity contribution < 1.29 is 4.79 Å². The second-order valence-electron chi connectivity index (χ2n) is 5.07. The Bertz CT molecular complexity index is 730. The van der Waals surface area contributed by atoms with Gasteiger partial charge in [-0.15, -0.1) is 0 Å². The van der Waals surface area contributed by atoms with Crippen LogP contribution in [-0.4, -0.2) is 10.9 Å². The summed E-state index contributed by atoms with van der Waals surface area (Å²) in [5.74, 6) is -0.0876. The number of anilines is 3. The molecule has 1 heterocycles. The molecule has 0 saturated carbocycles. The summed E-state index contributed by atoms with van der Waals surface area (Å²) >= 11 is 6.13. The van der Waals surface area contributed by atoms with E-state index < -0.39 is 5.91 Å². The number of nitrogens with one attached hydrogen (secondary N) is 1. The van der Waals surface area contributed by atoms with E-state index in [1.54, 1.807) is 18.2 Å².